The Bertz CT molecular complexity index is 492. The molecule has 0 spiro atoms. The Kier molecular flexibility index (Phi) is 3.82. The van der Waals surface area contributed by atoms with Crippen LogP contribution in [0.2, 0.25) is 0 Å². The average Bonchev–Trinajstić information content (AvgIpc) is 2.76. The Morgan fingerprint density at radius 3 is 2.76 bits per heavy atom. The molecule has 0 aliphatic carbocycles. The highest BCUT2D eigenvalue weighted by atomic mass is 32.1. The fraction of sp³-hybridized carbons (Fsp3) is 0.286. The number of aryl methyl sites for hydroxylation is 1. The first-order valence-electron chi connectivity index (χ1n) is 5.74. The van der Waals surface area contributed by atoms with Gasteiger partial charge in [-0.15, -0.1) is 11.3 Å². The molecule has 0 aliphatic rings. The van der Waals surface area contributed by atoms with E-state index in [0.29, 0.717) is 6.61 Å². The highest BCUT2D eigenvalue weighted by molar-refractivity contribution is 7.10. The fourth-order valence-electron chi connectivity index (χ4n) is 1.78. The normalized spacial score (nSPS) is 12.4. The topological polar surface area (TPSA) is 35.2 Å². The number of benzene rings is 1. The van der Waals surface area contributed by atoms with Gasteiger partial charge in [0.25, 0.3) is 0 Å². The second-order valence-electron chi connectivity index (χ2n) is 3.97. The number of thiophene rings is 1. The van der Waals surface area contributed by atoms with Gasteiger partial charge in [-0.1, -0.05) is 12.1 Å². The van der Waals surface area contributed by atoms with Crippen LogP contribution in [0.3, 0.4) is 0 Å². The van der Waals surface area contributed by atoms with E-state index in [1.54, 1.807) is 11.3 Å². The predicted octanol–water partition coefficient (Wildman–Crippen LogP) is 3.50. The third-order valence-electron chi connectivity index (χ3n) is 2.64. The van der Waals surface area contributed by atoms with Gasteiger partial charge in [-0.2, -0.15) is 0 Å². The van der Waals surface area contributed by atoms with Crippen LogP contribution in [-0.2, 0) is 0 Å². The molecule has 2 nitrogen and oxygen atoms in total. The summed E-state index contributed by atoms with van der Waals surface area (Å²) in [6.07, 6.45) is 0. The lowest BCUT2D eigenvalue weighted by Gasteiger charge is -2.12. The van der Waals surface area contributed by atoms with E-state index in [0.717, 1.165) is 11.3 Å². The van der Waals surface area contributed by atoms with Gasteiger partial charge in [0.2, 0.25) is 0 Å². The summed E-state index contributed by atoms with van der Waals surface area (Å²) in [6, 6.07) is 10.1. The van der Waals surface area contributed by atoms with Gasteiger partial charge in [-0.05, 0) is 48.6 Å². The summed E-state index contributed by atoms with van der Waals surface area (Å²) in [5, 5.41) is 2.12. The molecule has 0 aliphatic heterocycles. The zero-order chi connectivity index (χ0) is 12.3. The highest BCUT2D eigenvalue weighted by Gasteiger charge is 2.10. The molecule has 17 heavy (non-hydrogen) atoms. The van der Waals surface area contributed by atoms with Crippen molar-refractivity contribution in [2.45, 2.75) is 19.9 Å². The fourth-order valence-corrected chi connectivity index (χ4v) is 2.52. The van der Waals surface area contributed by atoms with Crippen molar-refractivity contribution in [2.24, 2.45) is 5.73 Å². The summed E-state index contributed by atoms with van der Waals surface area (Å²) in [7, 11) is 0. The van der Waals surface area contributed by atoms with Crippen LogP contribution in [0.15, 0.2) is 35.7 Å². The van der Waals surface area contributed by atoms with E-state index in [-0.39, 0.29) is 6.04 Å². The van der Waals surface area contributed by atoms with Gasteiger partial charge in [-0.25, -0.2) is 0 Å². The Labute approximate surface area is 106 Å². The van der Waals surface area contributed by atoms with Crippen molar-refractivity contribution in [3.8, 4) is 5.75 Å². The molecule has 3 heteroatoms. The van der Waals surface area contributed by atoms with E-state index in [1.165, 1.54) is 10.4 Å². The van der Waals surface area contributed by atoms with E-state index in [1.807, 2.05) is 31.2 Å². The first-order chi connectivity index (χ1) is 8.20. The number of rotatable bonds is 4. The first kappa shape index (κ1) is 12.1. The van der Waals surface area contributed by atoms with Crippen LogP contribution < -0.4 is 10.5 Å². The molecular formula is C14H17NOS. The summed E-state index contributed by atoms with van der Waals surface area (Å²) < 4.78 is 5.48. The van der Waals surface area contributed by atoms with Crippen LogP contribution in [0.4, 0.5) is 0 Å². The third kappa shape index (κ3) is 2.87. The van der Waals surface area contributed by atoms with Crippen molar-refractivity contribution in [3.63, 3.8) is 0 Å². The van der Waals surface area contributed by atoms with Gasteiger partial charge < -0.3 is 10.5 Å². The zero-order valence-corrected chi connectivity index (χ0v) is 11.0. The lowest BCUT2D eigenvalue weighted by atomic mass is 10.0. The minimum Gasteiger partial charge on any atom is -0.494 e. The highest BCUT2D eigenvalue weighted by Crippen LogP contribution is 2.26. The maximum absolute atomic E-state index is 6.25. The van der Waals surface area contributed by atoms with Crippen molar-refractivity contribution in [1.29, 1.82) is 0 Å². The molecule has 1 aromatic heterocycles. The molecule has 0 fully saturated rings. The minimum atomic E-state index is -0.0691. The lowest BCUT2D eigenvalue weighted by Crippen LogP contribution is -2.10. The lowest BCUT2D eigenvalue weighted by molar-refractivity contribution is 0.340. The largest absolute Gasteiger partial charge is 0.494 e. The van der Waals surface area contributed by atoms with Crippen LogP contribution in [0.5, 0.6) is 5.75 Å². The number of hydrogen-bond donors (Lipinski definition) is 1. The molecule has 1 atom stereocenters. The van der Waals surface area contributed by atoms with Gasteiger partial charge in [0.1, 0.15) is 5.75 Å². The van der Waals surface area contributed by atoms with Gasteiger partial charge in [0, 0.05) is 4.88 Å². The van der Waals surface area contributed by atoms with Crippen molar-refractivity contribution >= 4 is 11.3 Å². The minimum absolute atomic E-state index is 0.0691. The third-order valence-corrected chi connectivity index (χ3v) is 3.52. The maximum atomic E-state index is 6.25. The molecule has 2 rings (SSSR count). The molecule has 1 aromatic carbocycles. The number of nitrogens with two attached hydrogens (primary N) is 1. The smallest absolute Gasteiger partial charge is 0.119 e. The van der Waals surface area contributed by atoms with E-state index >= 15 is 0 Å². The van der Waals surface area contributed by atoms with Crippen LogP contribution >= 0.6 is 11.3 Å². The summed E-state index contributed by atoms with van der Waals surface area (Å²) in [4.78, 5) is 1.29. The average molecular weight is 247 g/mol. The second-order valence-corrected chi connectivity index (χ2v) is 5.09. The molecule has 0 saturated carbocycles. The first-order valence-corrected chi connectivity index (χ1v) is 6.62. The summed E-state index contributed by atoms with van der Waals surface area (Å²) in [6.45, 7) is 4.75. The van der Waals surface area contributed by atoms with E-state index in [9.17, 15) is 0 Å². The SMILES string of the molecule is CCOc1cccc(C(N)c2csc(C)c2)c1. The predicted molar refractivity (Wildman–Crippen MR) is 72.7 cm³/mol. The Balaban J connectivity index is 2.24. The summed E-state index contributed by atoms with van der Waals surface area (Å²) in [5.41, 5.74) is 8.50. The van der Waals surface area contributed by atoms with Crippen LogP contribution in [-0.4, -0.2) is 6.61 Å². The second kappa shape index (κ2) is 5.34. The molecule has 0 saturated heterocycles. The molecule has 2 N–H and O–H groups in total. The van der Waals surface area contributed by atoms with E-state index in [2.05, 4.69) is 18.4 Å². The molecule has 2 aromatic rings. The summed E-state index contributed by atoms with van der Waals surface area (Å²) in [5.74, 6) is 0.882. The van der Waals surface area contributed by atoms with E-state index < -0.39 is 0 Å². The van der Waals surface area contributed by atoms with Gasteiger partial charge in [0.15, 0.2) is 0 Å². The molecule has 0 radical (unpaired) electrons. The van der Waals surface area contributed by atoms with Crippen molar-refractivity contribution in [3.05, 3.63) is 51.7 Å². The Morgan fingerprint density at radius 2 is 2.12 bits per heavy atom. The Morgan fingerprint density at radius 1 is 1.29 bits per heavy atom. The van der Waals surface area contributed by atoms with Crippen molar-refractivity contribution in [1.82, 2.24) is 0 Å². The summed E-state index contributed by atoms with van der Waals surface area (Å²) >= 11 is 1.73. The van der Waals surface area contributed by atoms with E-state index in [4.69, 9.17) is 10.5 Å². The molecule has 90 valence electrons. The molecular weight excluding hydrogens is 230 g/mol. The molecule has 0 amide bonds. The van der Waals surface area contributed by atoms with Crippen LogP contribution in [0.1, 0.15) is 29.0 Å². The van der Waals surface area contributed by atoms with Gasteiger partial charge in [0.05, 0.1) is 12.6 Å². The zero-order valence-electron chi connectivity index (χ0n) is 10.1. The Hall–Kier alpha value is -1.32. The van der Waals surface area contributed by atoms with Crippen LogP contribution in [0, 0.1) is 6.92 Å². The standard InChI is InChI=1S/C14H17NOS/c1-3-16-13-6-4-5-11(8-13)14(15)12-7-10(2)17-9-12/h4-9,14H,3,15H2,1-2H3. The van der Waals surface area contributed by atoms with Crippen molar-refractivity contribution < 1.29 is 4.74 Å². The van der Waals surface area contributed by atoms with Crippen molar-refractivity contribution in [2.75, 3.05) is 6.61 Å². The number of ether oxygens (including phenoxy) is 1. The van der Waals surface area contributed by atoms with Gasteiger partial charge >= 0.3 is 0 Å². The quantitative estimate of drug-likeness (QED) is 0.897. The van der Waals surface area contributed by atoms with Gasteiger partial charge in [-0.3, -0.25) is 0 Å². The molecule has 1 unspecified atom stereocenters. The molecule has 0 bridgehead atoms. The number of hydrogen-bond acceptors (Lipinski definition) is 3. The monoisotopic (exact) mass is 247 g/mol. The van der Waals surface area contributed by atoms with Crippen LogP contribution in [0.25, 0.3) is 0 Å². The molecule has 1 heterocycles. The maximum Gasteiger partial charge on any atom is 0.119 e.